The van der Waals surface area contributed by atoms with Crippen LogP contribution in [0.15, 0.2) is 0 Å². The summed E-state index contributed by atoms with van der Waals surface area (Å²) in [5.74, 6) is -1.56. The van der Waals surface area contributed by atoms with E-state index >= 15 is 0 Å². The first-order valence-electron chi connectivity index (χ1n) is 10.2. The highest BCUT2D eigenvalue weighted by Crippen LogP contribution is 2.21. The molecular formula is C20H34O4. The van der Waals surface area contributed by atoms with Gasteiger partial charge >= 0.3 is 11.9 Å². The Morgan fingerprint density at radius 1 is 0.458 bits per heavy atom. The summed E-state index contributed by atoms with van der Waals surface area (Å²) in [6, 6.07) is 0. The van der Waals surface area contributed by atoms with E-state index in [1.165, 1.54) is 51.4 Å². The predicted octanol–water partition coefficient (Wildman–Crippen LogP) is 5.08. The molecule has 0 aromatic carbocycles. The van der Waals surface area contributed by atoms with Crippen LogP contribution in [0.2, 0.25) is 0 Å². The Kier molecular flexibility index (Phi) is 9.22. The minimum Gasteiger partial charge on any atom is -0.454 e. The maximum Gasteiger partial charge on any atom is 0.417 e. The van der Waals surface area contributed by atoms with Crippen LogP contribution >= 0.6 is 0 Å². The maximum absolute atomic E-state index is 12.1. The molecule has 0 aromatic heterocycles. The molecule has 0 saturated heterocycles. The second-order valence-electron chi connectivity index (χ2n) is 7.45. The van der Waals surface area contributed by atoms with Crippen molar-refractivity contribution in [3.05, 3.63) is 0 Å². The topological polar surface area (TPSA) is 52.6 Å². The molecule has 4 heteroatoms. The summed E-state index contributed by atoms with van der Waals surface area (Å²) in [6.07, 6.45) is 17.5. The van der Waals surface area contributed by atoms with E-state index in [4.69, 9.17) is 9.47 Å². The molecule has 0 bridgehead atoms. The molecule has 4 nitrogen and oxygen atoms in total. The van der Waals surface area contributed by atoms with Crippen molar-refractivity contribution in [3.8, 4) is 0 Å². The number of rotatable bonds is 2. The van der Waals surface area contributed by atoms with Gasteiger partial charge in [0.05, 0.1) is 0 Å². The van der Waals surface area contributed by atoms with Crippen LogP contribution in [0.1, 0.15) is 103 Å². The fourth-order valence-corrected chi connectivity index (χ4v) is 3.83. The fraction of sp³-hybridized carbons (Fsp3) is 0.900. The van der Waals surface area contributed by atoms with Crippen LogP contribution in [0.25, 0.3) is 0 Å². The summed E-state index contributed by atoms with van der Waals surface area (Å²) in [7, 11) is 0. The quantitative estimate of drug-likeness (QED) is 0.520. The first-order chi connectivity index (χ1) is 11.8. The minimum atomic E-state index is -0.779. The Morgan fingerprint density at radius 3 is 1.00 bits per heavy atom. The Bertz CT molecular complexity index is 324. The lowest BCUT2D eigenvalue weighted by molar-refractivity contribution is -0.175. The van der Waals surface area contributed by atoms with E-state index in [1.54, 1.807) is 0 Å². The van der Waals surface area contributed by atoms with Crippen LogP contribution in [-0.2, 0) is 19.1 Å². The van der Waals surface area contributed by atoms with Gasteiger partial charge in [-0.25, -0.2) is 9.59 Å². The van der Waals surface area contributed by atoms with E-state index in [0.717, 1.165) is 51.4 Å². The van der Waals surface area contributed by atoms with Crippen molar-refractivity contribution in [3.63, 3.8) is 0 Å². The molecule has 0 heterocycles. The molecule has 0 spiro atoms. The van der Waals surface area contributed by atoms with Gasteiger partial charge < -0.3 is 9.47 Å². The molecule has 0 aliphatic heterocycles. The first-order valence-corrected chi connectivity index (χ1v) is 10.2. The molecular weight excluding hydrogens is 304 g/mol. The van der Waals surface area contributed by atoms with Crippen molar-refractivity contribution in [2.24, 2.45) is 0 Å². The third kappa shape index (κ3) is 7.67. The van der Waals surface area contributed by atoms with Gasteiger partial charge in [-0.3, -0.25) is 0 Å². The van der Waals surface area contributed by atoms with Crippen LogP contribution in [0.4, 0.5) is 0 Å². The second kappa shape index (κ2) is 11.5. The van der Waals surface area contributed by atoms with E-state index < -0.39 is 11.9 Å². The smallest absolute Gasteiger partial charge is 0.417 e. The van der Waals surface area contributed by atoms with Gasteiger partial charge in [-0.2, -0.15) is 0 Å². The van der Waals surface area contributed by atoms with Gasteiger partial charge in [0.15, 0.2) is 0 Å². The molecule has 0 amide bonds. The number of carbonyl (C=O) groups excluding carboxylic acids is 2. The molecule has 0 unspecified atom stereocenters. The summed E-state index contributed by atoms with van der Waals surface area (Å²) in [6.45, 7) is 0. The molecule has 0 N–H and O–H groups in total. The minimum absolute atomic E-state index is 0.108. The monoisotopic (exact) mass is 338 g/mol. The number of carbonyl (C=O) groups is 2. The van der Waals surface area contributed by atoms with E-state index in [1.807, 2.05) is 0 Å². The van der Waals surface area contributed by atoms with E-state index in [9.17, 15) is 9.59 Å². The molecule has 0 radical (unpaired) electrons. The summed E-state index contributed by atoms with van der Waals surface area (Å²) in [4.78, 5) is 24.2. The predicted molar refractivity (Wildman–Crippen MR) is 93.6 cm³/mol. The van der Waals surface area contributed by atoms with Crippen LogP contribution in [0, 0.1) is 0 Å². The van der Waals surface area contributed by atoms with Crippen molar-refractivity contribution < 1.29 is 19.1 Å². The van der Waals surface area contributed by atoms with Crippen LogP contribution in [0.5, 0.6) is 0 Å². The lowest BCUT2D eigenvalue weighted by Gasteiger charge is -2.19. The molecule has 2 rings (SSSR count). The van der Waals surface area contributed by atoms with Crippen molar-refractivity contribution in [1.29, 1.82) is 0 Å². The molecule has 138 valence electrons. The van der Waals surface area contributed by atoms with Crippen molar-refractivity contribution in [1.82, 2.24) is 0 Å². The third-order valence-electron chi connectivity index (χ3n) is 5.32. The highest BCUT2D eigenvalue weighted by atomic mass is 16.6. The Labute approximate surface area is 146 Å². The standard InChI is InChI=1S/C20H34O4/c21-19(23-17-13-9-5-1-2-6-10-14-17)20(22)24-18-15-11-7-3-4-8-12-16-18/h17-18H,1-16H2. The molecule has 2 aliphatic rings. The first kappa shape index (κ1) is 19.3. The van der Waals surface area contributed by atoms with Crippen LogP contribution < -0.4 is 0 Å². The average molecular weight is 338 g/mol. The zero-order chi connectivity index (χ0) is 17.0. The molecule has 2 aliphatic carbocycles. The number of hydrogen-bond acceptors (Lipinski definition) is 4. The third-order valence-corrected chi connectivity index (χ3v) is 5.32. The van der Waals surface area contributed by atoms with Gasteiger partial charge in [0, 0.05) is 0 Å². The van der Waals surface area contributed by atoms with Crippen molar-refractivity contribution in [2.45, 2.75) is 115 Å². The van der Waals surface area contributed by atoms with Gasteiger partial charge in [0.2, 0.25) is 0 Å². The Morgan fingerprint density at radius 2 is 0.708 bits per heavy atom. The molecule has 0 atom stereocenters. The summed E-state index contributed by atoms with van der Waals surface area (Å²) in [5.41, 5.74) is 0. The van der Waals surface area contributed by atoms with E-state index in [2.05, 4.69) is 0 Å². The molecule has 0 aromatic rings. The summed E-state index contributed by atoms with van der Waals surface area (Å²) < 4.78 is 10.9. The van der Waals surface area contributed by atoms with Gasteiger partial charge in [-0.05, 0) is 51.4 Å². The van der Waals surface area contributed by atoms with Gasteiger partial charge in [-0.1, -0.05) is 51.4 Å². The van der Waals surface area contributed by atoms with E-state index in [0.29, 0.717) is 0 Å². The number of hydrogen-bond donors (Lipinski definition) is 0. The maximum atomic E-state index is 12.1. The van der Waals surface area contributed by atoms with Crippen molar-refractivity contribution in [2.75, 3.05) is 0 Å². The summed E-state index contributed by atoms with van der Waals surface area (Å²) in [5, 5.41) is 0. The van der Waals surface area contributed by atoms with Crippen LogP contribution in [0.3, 0.4) is 0 Å². The van der Waals surface area contributed by atoms with Gasteiger partial charge in [-0.15, -0.1) is 0 Å². The van der Waals surface area contributed by atoms with Gasteiger partial charge in [0.1, 0.15) is 12.2 Å². The number of esters is 2. The highest BCUT2D eigenvalue weighted by Gasteiger charge is 2.25. The molecule has 24 heavy (non-hydrogen) atoms. The molecule has 2 saturated carbocycles. The normalized spacial score (nSPS) is 22.8. The SMILES string of the molecule is O=C(OC1CCCCCCCC1)C(=O)OC1CCCCCCCC1. The largest absolute Gasteiger partial charge is 0.454 e. The Hall–Kier alpha value is -1.06. The summed E-state index contributed by atoms with van der Waals surface area (Å²) >= 11 is 0. The lowest BCUT2D eigenvalue weighted by Crippen LogP contribution is -2.29. The zero-order valence-corrected chi connectivity index (χ0v) is 15.1. The zero-order valence-electron chi connectivity index (χ0n) is 15.1. The average Bonchev–Trinajstić information content (AvgIpc) is 2.78. The lowest BCUT2D eigenvalue weighted by atomic mass is 10.1. The Balaban J connectivity index is 1.75. The number of ether oxygens (including phenoxy) is 2. The van der Waals surface area contributed by atoms with Crippen molar-refractivity contribution >= 4 is 11.9 Å². The van der Waals surface area contributed by atoms with E-state index in [-0.39, 0.29) is 12.2 Å². The highest BCUT2D eigenvalue weighted by molar-refractivity contribution is 6.29. The fourth-order valence-electron chi connectivity index (χ4n) is 3.83. The van der Waals surface area contributed by atoms with Gasteiger partial charge in [0.25, 0.3) is 0 Å². The second-order valence-corrected chi connectivity index (χ2v) is 7.45. The van der Waals surface area contributed by atoms with Crippen LogP contribution in [-0.4, -0.2) is 24.1 Å². The molecule has 2 fully saturated rings.